The molecule has 10 rings (SSSR count). The Morgan fingerprint density at radius 2 is 1.25 bits per heavy atom. The highest BCUT2D eigenvalue weighted by atomic mass is 32.1. The number of hydrogen-bond acceptors (Lipinski definition) is 3. The van der Waals surface area contributed by atoms with Gasteiger partial charge in [-0.3, -0.25) is 0 Å². The maximum atomic E-state index is 2.50. The van der Waals surface area contributed by atoms with E-state index in [1.54, 1.807) is 0 Å². The van der Waals surface area contributed by atoms with Gasteiger partial charge < -0.3 is 9.80 Å². The zero-order chi connectivity index (χ0) is 31.9. The molecule has 48 heavy (non-hydrogen) atoms. The van der Waals surface area contributed by atoms with E-state index in [1.165, 1.54) is 75.9 Å². The van der Waals surface area contributed by atoms with E-state index in [2.05, 4.69) is 175 Å². The first kappa shape index (κ1) is 27.5. The van der Waals surface area contributed by atoms with Crippen molar-refractivity contribution in [2.75, 3.05) is 9.80 Å². The maximum absolute atomic E-state index is 2.50. The minimum atomic E-state index is 0.190. The Morgan fingerprint density at radius 1 is 0.500 bits per heavy atom. The van der Waals surface area contributed by atoms with Crippen LogP contribution in [0.4, 0.5) is 34.1 Å². The molecule has 1 aromatic heterocycles. The molecule has 0 aliphatic carbocycles. The van der Waals surface area contributed by atoms with Crippen molar-refractivity contribution in [1.29, 1.82) is 0 Å². The van der Waals surface area contributed by atoms with Gasteiger partial charge in [0.1, 0.15) is 0 Å². The Bertz CT molecular complexity index is 2550. The molecule has 0 saturated carbocycles. The second-order valence-electron chi connectivity index (χ2n) is 13.1. The van der Waals surface area contributed by atoms with Crippen LogP contribution in [0.2, 0.25) is 0 Å². The van der Waals surface area contributed by atoms with Crippen molar-refractivity contribution in [2.45, 2.75) is 13.8 Å². The molecule has 2 aliphatic rings. The summed E-state index contributed by atoms with van der Waals surface area (Å²) in [6.45, 7) is 4.56. The first-order chi connectivity index (χ1) is 23.6. The van der Waals surface area contributed by atoms with Crippen LogP contribution in [-0.4, -0.2) is 6.71 Å². The molecular weight excluding hydrogens is 599 g/mol. The monoisotopic (exact) mass is 630 g/mol. The maximum Gasteiger partial charge on any atom is 0.248 e. The predicted molar refractivity (Wildman–Crippen MR) is 208 cm³/mol. The third kappa shape index (κ3) is 4.06. The van der Waals surface area contributed by atoms with E-state index in [9.17, 15) is 0 Å². The minimum absolute atomic E-state index is 0.190. The van der Waals surface area contributed by atoms with Crippen LogP contribution in [0, 0.1) is 13.8 Å². The van der Waals surface area contributed by atoms with E-state index >= 15 is 0 Å². The Morgan fingerprint density at radius 3 is 2.12 bits per heavy atom. The van der Waals surface area contributed by atoms with Crippen LogP contribution in [-0.2, 0) is 0 Å². The Balaban J connectivity index is 1.27. The predicted octanol–water partition coefficient (Wildman–Crippen LogP) is 10.4. The van der Waals surface area contributed by atoms with Crippen molar-refractivity contribution >= 4 is 88.7 Å². The van der Waals surface area contributed by atoms with Crippen LogP contribution >= 0.6 is 11.3 Å². The molecule has 0 unspecified atom stereocenters. The average Bonchev–Trinajstić information content (AvgIpc) is 3.66. The fourth-order valence-corrected chi connectivity index (χ4v) is 9.11. The average molecular weight is 631 g/mol. The molecule has 0 radical (unpaired) electrons. The van der Waals surface area contributed by atoms with E-state index in [1.807, 2.05) is 11.3 Å². The zero-order valence-corrected chi connectivity index (χ0v) is 27.6. The zero-order valence-electron chi connectivity index (χ0n) is 26.8. The highest BCUT2D eigenvalue weighted by Crippen LogP contribution is 2.46. The molecule has 4 heteroatoms. The third-order valence-electron chi connectivity index (χ3n) is 10.2. The Kier molecular flexibility index (Phi) is 6.00. The summed E-state index contributed by atoms with van der Waals surface area (Å²) in [5, 5.41) is 2.61. The molecule has 0 spiro atoms. The van der Waals surface area contributed by atoms with E-state index in [-0.39, 0.29) is 6.71 Å². The second kappa shape index (κ2) is 10.5. The molecule has 7 aromatic carbocycles. The van der Waals surface area contributed by atoms with Gasteiger partial charge in [0.2, 0.25) is 6.71 Å². The first-order valence-corrected chi connectivity index (χ1v) is 17.4. The van der Waals surface area contributed by atoms with Crippen LogP contribution in [0.15, 0.2) is 152 Å². The lowest BCUT2D eigenvalue weighted by atomic mass is 9.37. The van der Waals surface area contributed by atoms with Gasteiger partial charge in [-0.2, -0.15) is 0 Å². The molecular formula is C44H31BN2S. The molecule has 226 valence electrons. The fourth-order valence-electron chi connectivity index (χ4n) is 8.02. The second-order valence-corrected chi connectivity index (χ2v) is 14.2. The number of para-hydroxylation sites is 1. The van der Waals surface area contributed by atoms with Crippen molar-refractivity contribution in [3.63, 3.8) is 0 Å². The lowest BCUT2D eigenvalue weighted by Crippen LogP contribution is -2.54. The van der Waals surface area contributed by atoms with E-state index in [0.29, 0.717) is 0 Å². The lowest BCUT2D eigenvalue weighted by molar-refractivity contribution is 1.25. The molecule has 3 heterocycles. The van der Waals surface area contributed by atoms with Crippen molar-refractivity contribution in [3.8, 4) is 11.1 Å². The molecule has 0 bridgehead atoms. The number of rotatable bonds is 4. The summed E-state index contributed by atoms with van der Waals surface area (Å²) in [5.41, 5.74) is 16.5. The number of nitrogens with zero attached hydrogens (tertiary/aromatic N) is 2. The van der Waals surface area contributed by atoms with Gasteiger partial charge in [-0.25, -0.2) is 0 Å². The number of thiophene rings is 1. The minimum Gasteiger partial charge on any atom is -0.311 e. The normalized spacial score (nSPS) is 12.7. The molecule has 0 fully saturated rings. The highest BCUT2D eigenvalue weighted by Gasteiger charge is 2.43. The summed E-state index contributed by atoms with van der Waals surface area (Å²) < 4.78 is 2.63. The Hall–Kier alpha value is -5.58. The van der Waals surface area contributed by atoms with Crippen LogP contribution in [0.3, 0.4) is 0 Å². The number of fused-ring (bicyclic) bond motifs is 8. The van der Waals surface area contributed by atoms with Gasteiger partial charge in [-0.1, -0.05) is 102 Å². The molecule has 0 amide bonds. The van der Waals surface area contributed by atoms with Crippen molar-refractivity contribution < 1.29 is 0 Å². The number of anilines is 6. The van der Waals surface area contributed by atoms with Crippen LogP contribution in [0.1, 0.15) is 11.1 Å². The van der Waals surface area contributed by atoms with E-state index < -0.39 is 0 Å². The molecule has 2 nitrogen and oxygen atoms in total. The third-order valence-corrected chi connectivity index (χ3v) is 11.3. The molecule has 8 aromatic rings. The van der Waals surface area contributed by atoms with Crippen LogP contribution < -0.4 is 26.2 Å². The summed E-state index contributed by atoms with van der Waals surface area (Å²) >= 11 is 1.86. The van der Waals surface area contributed by atoms with E-state index in [0.717, 1.165) is 17.1 Å². The number of benzene rings is 7. The van der Waals surface area contributed by atoms with Gasteiger partial charge >= 0.3 is 0 Å². The van der Waals surface area contributed by atoms with Gasteiger partial charge in [0.05, 0.1) is 0 Å². The van der Waals surface area contributed by atoms with Gasteiger partial charge in [0.25, 0.3) is 0 Å². The van der Waals surface area contributed by atoms with Crippen molar-refractivity contribution in [3.05, 3.63) is 163 Å². The lowest BCUT2D eigenvalue weighted by Gasteiger charge is -2.37. The van der Waals surface area contributed by atoms with Gasteiger partial charge in [0.15, 0.2) is 0 Å². The molecule has 2 aliphatic heterocycles. The Labute approximate surface area is 285 Å². The number of aryl methyl sites for hydroxylation is 2. The van der Waals surface area contributed by atoms with E-state index in [4.69, 9.17) is 0 Å². The smallest absolute Gasteiger partial charge is 0.248 e. The first-order valence-electron chi connectivity index (χ1n) is 16.6. The molecule has 0 atom stereocenters. The molecule has 0 N–H and O–H groups in total. The van der Waals surface area contributed by atoms with Crippen LogP contribution in [0.25, 0.3) is 31.3 Å². The summed E-state index contributed by atoms with van der Waals surface area (Å²) in [5.74, 6) is 0. The standard InChI is InChI=1S/C44H31BN2S/c1-28-16-19-31(20-17-28)47-40-22-18-29(2)24-39(40)45-38-14-8-6-12-34(38)37-26-33(27-41(47)44(37)45)46(30-10-4-3-5-11-30)32-21-23-43-36(25-32)35-13-7-9-15-42(35)48-43/h3-27H,1-2H3. The van der Waals surface area contributed by atoms with Gasteiger partial charge in [-0.15, -0.1) is 11.3 Å². The highest BCUT2D eigenvalue weighted by molar-refractivity contribution is 7.25. The van der Waals surface area contributed by atoms with Gasteiger partial charge in [-0.05, 0) is 103 Å². The largest absolute Gasteiger partial charge is 0.311 e. The molecule has 0 saturated heterocycles. The summed E-state index contributed by atoms with van der Waals surface area (Å²) in [6.07, 6.45) is 0. The van der Waals surface area contributed by atoms with Crippen LogP contribution in [0.5, 0.6) is 0 Å². The van der Waals surface area contributed by atoms with Crippen molar-refractivity contribution in [2.24, 2.45) is 0 Å². The van der Waals surface area contributed by atoms with Gasteiger partial charge in [0, 0.05) is 54.3 Å². The number of hydrogen-bond donors (Lipinski definition) is 0. The summed E-state index contributed by atoms with van der Waals surface area (Å²) in [7, 11) is 0. The SMILES string of the molecule is Cc1ccc(N2c3ccc(C)cc3B3c4ccccc4-c4cc(N(c5ccccc5)c5ccc6sc7ccccc7c6c5)cc2c43)cc1. The fraction of sp³-hybridized carbons (Fsp3) is 0.0455. The summed E-state index contributed by atoms with van der Waals surface area (Å²) in [4.78, 5) is 4.94. The quantitative estimate of drug-likeness (QED) is 0.179. The summed E-state index contributed by atoms with van der Waals surface area (Å²) in [6, 6.07) is 56.4. The topological polar surface area (TPSA) is 6.48 Å². The van der Waals surface area contributed by atoms with Crippen molar-refractivity contribution in [1.82, 2.24) is 0 Å².